The van der Waals surface area contributed by atoms with Crippen LogP contribution in [0.25, 0.3) is 10.9 Å². The van der Waals surface area contributed by atoms with E-state index in [-0.39, 0.29) is 5.78 Å². The van der Waals surface area contributed by atoms with Gasteiger partial charge in [-0.3, -0.25) is 4.79 Å². The van der Waals surface area contributed by atoms with Crippen molar-refractivity contribution in [3.05, 3.63) is 78.1 Å². The van der Waals surface area contributed by atoms with Crippen molar-refractivity contribution in [2.24, 2.45) is 0 Å². The monoisotopic (exact) mass is 471 g/mol. The lowest BCUT2D eigenvalue weighted by atomic mass is 10.0. The summed E-state index contributed by atoms with van der Waals surface area (Å²) in [7, 11) is 7.19. The normalized spacial score (nSPS) is 10.7. The number of rotatable bonds is 10. The Bertz CT molecular complexity index is 1320. The first-order chi connectivity index (χ1) is 17.0. The average molecular weight is 472 g/mol. The number of anilines is 1. The number of Topliss-reactive ketones (excluding diaryl/α,β-unsaturated/α-hetero) is 1. The highest BCUT2D eigenvalue weighted by atomic mass is 16.5. The van der Waals surface area contributed by atoms with Crippen LogP contribution in [0.5, 0.6) is 23.1 Å². The summed E-state index contributed by atoms with van der Waals surface area (Å²) in [6, 6.07) is 19.3. The van der Waals surface area contributed by atoms with Gasteiger partial charge in [-0.05, 0) is 60.0 Å². The van der Waals surface area contributed by atoms with Crippen LogP contribution in [0.3, 0.4) is 0 Å². The van der Waals surface area contributed by atoms with Crippen LogP contribution in [-0.2, 0) is 17.6 Å². The van der Waals surface area contributed by atoms with Gasteiger partial charge < -0.3 is 19.1 Å². The summed E-state index contributed by atoms with van der Waals surface area (Å²) in [6.07, 6.45) is 2.98. The van der Waals surface area contributed by atoms with Crippen molar-refractivity contribution in [2.75, 3.05) is 33.2 Å². The van der Waals surface area contributed by atoms with E-state index in [0.717, 1.165) is 27.7 Å². The van der Waals surface area contributed by atoms with Crippen LogP contribution in [0.4, 0.5) is 5.69 Å². The van der Waals surface area contributed by atoms with Crippen molar-refractivity contribution < 1.29 is 19.0 Å². The molecule has 4 aromatic rings. The Balaban J connectivity index is 1.36. The van der Waals surface area contributed by atoms with Crippen LogP contribution in [0, 0.1) is 0 Å². The predicted octanol–water partition coefficient (Wildman–Crippen LogP) is 5.25. The topological polar surface area (TPSA) is 73.8 Å². The third kappa shape index (κ3) is 5.87. The van der Waals surface area contributed by atoms with Crippen LogP contribution >= 0.6 is 0 Å². The Morgan fingerprint density at radius 2 is 1.60 bits per heavy atom. The molecule has 7 heteroatoms. The van der Waals surface area contributed by atoms with Crippen molar-refractivity contribution >= 4 is 22.4 Å². The van der Waals surface area contributed by atoms with Gasteiger partial charge in [-0.2, -0.15) is 0 Å². The molecule has 180 valence electrons. The number of carbonyl (C=O) groups excluding carboxylic acids is 1. The Kier molecular flexibility index (Phi) is 7.45. The fourth-order valence-electron chi connectivity index (χ4n) is 3.80. The first kappa shape index (κ1) is 24.0. The number of carbonyl (C=O) groups is 1. The Morgan fingerprint density at radius 1 is 0.857 bits per heavy atom. The van der Waals surface area contributed by atoms with Crippen LogP contribution in [-0.4, -0.2) is 44.1 Å². The second kappa shape index (κ2) is 10.9. The lowest BCUT2D eigenvalue weighted by molar-refractivity contribution is -0.118. The Hall–Kier alpha value is -4.13. The van der Waals surface area contributed by atoms with Gasteiger partial charge in [-0.15, -0.1) is 0 Å². The lowest BCUT2D eigenvalue weighted by Crippen LogP contribution is -2.08. The zero-order valence-corrected chi connectivity index (χ0v) is 20.4. The molecule has 0 aliphatic rings. The van der Waals surface area contributed by atoms with Crippen LogP contribution in [0.15, 0.2) is 67.0 Å². The fraction of sp³-hybridized carbons (Fsp3) is 0.250. The maximum atomic E-state index is 12.6. The van der Waals surface area contributed by atoms with E-state index in [0.29, 0.717) is 42.4 Å². The van der Waals surface area contributed by atoms with Gasteiger partial charge in [0.15, 0.2) is 11.5 Å². The molecule has 0 radical (unpaired) electrons. The molecular formula is C28H29N3O4. The molecule has 0 bridgehead atoms. The molecule has 0 spiro atoms. The van der Waals surface area contributed by atoms with Gasteiger partial charge in [-0.1, -0.05) is 18.2 Å². The number of hydrogen-bond donors (Lipinski definition) is 0. The highest BCUT2D eigenvalue weighted by Gasteiger charge is 2.10. The highest BCUT2D eigenvalue weighted by Crippen LogP contribution is 2.30. The first-order valence-electron chi connectivity index (χ1n) is 11.4. The molecule has 0 unspecified atom stereocenters. The van der Waals surface area contributed by atoms with Crippen LogP contribution in [0.2, 0.25) is 0 Å². The second-order valence-electron chi connectivity index (χ2n) is 8.43. The van der Waals surface area contributed by atoms with E-state index in [1.165, 1.54) is 6.33 Å². The largest absolute Gasteiger partial charge is 0.493 e. The molecule has 0 fully saturated rings. The van der Waals surface area contributed by atoms with Gasteiger partial charge >= 0.3 is 0 Å². The Labute approximate surface area is 205 Å². The summed E-state index contributed by atoms with van der Waals surface area (Å²) in [5.41, 5.74) is 3.85. The van der Waals surface area contributed by atoms with Crippen molar-refractivity contribution in [3.8, 4) is 23.1 Å². The third-order valence-electron chi connectivity index (χ3n) is 5.78. The van der Waals surface area contributed by atoms with E-state index < -0.39 is 0 Å². The molecule has 35 heavy (non-hydrogen) atoms. The second-order valence-corrected chi connectivity index (χ2v) is 8.43. The van der Waals surface area contributed by atoms with Gasteiger partial charge in [0.25, 0.3) is 0 Å². The quantitative estimate of drug-likeness (QED) is 0.313. The number of methoxy groups -OCH3 is 2. The minimum absolute atomic E-state index is 0.173. The SMILES string of the molecule is COc1ccc(CCC(=O)Cc2ccc(Oc3ncnc4cc(N(C)C)ccc34)cc2)cc1OC. The minimum Gasteiger partial charge on any atom is -0.493 e. The van der Waals surface area contributed by atoms with Gasteiger partial charge in [0, 0.05) is 32.6 Å². The van der Waals surface area contributed by atoms with Crippen molar-refractivity contribution in [1.82, 2.24) is 9.97 Å². The van der Waals surface area contributed by atoms with Crippen molar-refractivity contribution in [1.29, 1.82) is 0 Å². The summed E-state index contributed by atoms with van der Waals surface area (Å²) in [5, 5.41) is 0.840. The number of fused-ring (bicyclic) bond motifs is 1. The number of ether oxygens (including phenoxy) is 3. The van der Waals surface area contributed by atoms with E-state index in [1.807, 2.05) is 79.7 Å². The molecule has 0 atom stereocenters. The number of benzene rings is 3. The lowest BCUT2D eigenvalue weighted by Gasteiger charge is -2.13. The van der Waals surface area contributed by atoms with Gasteiger partial charge in [0.1, 0.15) is 17.9 Å². The molecule has 0 aliphatic carbocycles. The molecule has 0 saturated carbocycles. The number of aryl methyl sites for hydroxylation is 1. The smallest absolute Gasteiger partial charge is 0.230 e. The maximum absolute atomic E-state index is 12.6. The van der Waals surface area contributed by atoms with Crippen LogP contribution < -0.4 is 19.1 Å². The molecule has 4 rings (SSSR count). The summed E-state index contributed by atoms with van der Waals surface area (Å²) in [4.78, 5) is 23.2. The van der Waals surface area contributed by atoms with E-state index in [4.69, 9.17) is 14.2 Å². The van der Waals surface area contributed by atoms with E-state index in [2.05, 4.69) is 9.97 Å². The minimum atomic E-state index is 0.173. The maximum Gasteiger partial charge on any atom is 0.230 e. The summed E-state index contributed by atoms with van der Waals surface area (Å²) < 4.78 is 16.6. The van der Waals surface area contributed by atoms with E-state index in [1.54, 1.807) is 14.2 Å². The molecule has 0 amide bonds. The first-order valence-corrected chi connectivity index (χ1v) is 11.4. The highest BCUT2D eigenvalue weighted by molar-refractivity contribution is 5.86. The summed E-state index contributed by atoms with van der Waals surface area (Å²) >= 11 is 0. The standard InChI is InChI=1S/C28H29N3O4/c1-31(2)21-9-13-24-25(17-21)29-18-30-28(24)35-23-11-6-19(7-12-23)15-22(32)10-5-20-8-14-26(33-3)27(16-20)34-4/h6-9,11-14,16-18H,5,10,15H2,1-4H3. The predicted molar refractivity (Wildman–Crippen MR) is 137 cm³/mol. The van der Waals surface area contributed by atoms with E-state index >= 15 is 0 Å². The molecule has 1 heterocycles. The zero-order valence-electron chi connectivity index (χ0n) is 20.4. The van der Waals surface area contributed by atoms with Crippen LogP contribution in [0.1, 0.15) is 17.5 Å². The fourth-order valence-corrected chi connectivity index (χ4v) is 3.80. The van der Waals surface area contributed by atoms with Crippen molar-refractivity contribution in [2.45, 2.75) is 19.3 Å². The van der Waals surface area contributed by atoms with Gasteiger partial charge in [-0.25, -0.2) is 9.97 Å². The summed E-state index contributed by atoms with van der Waals surface area (Å²) in [6.45, 7) is 0. The average Bonchev–Trinajstić information content (AvgIpc) is 2.88. The number of hydrogen-bond acceptors (Lipinski definition) is 7. The third-order valence-corrected chi connectivity index (χ3v) is 5.78. The number of ketones is 1. The van der Waals surface area contributed by atoms with Gasteiger partial charge in [0.2, 0.25) is 5.88 Å². The van der Waals surface area contributed by atoms with Crippen molar-refractivity contribution in [3.63, 3.8) is 0 Å². The molecule has 0 aliphatic heterocycles. The summed E-state index contributed by atoms with van der Waals surface area (Å²) in [5.74, 6) is 2.68. The molecule has 1 aromatic heterocycles. The number of aromatic nitrogens is 2. The molecular weight excluding hydrogens is 442 g/mol. The molecule has 0 N–H and O–H groups in total. The molecule has 7 nitrogen and oxygen atoms in total. The molecule has 0 saturated heterocycles. The van der Waals surface area contributed by atoms with Gasteiger partial charge in [0.05, 0.1) is 25.1 Å². The zero-order chi connectivity index (χ0) is 24.8. The van der Waals surface area contributed by atoms with E-state index in [9.17, 15) is 4.79 Å². The molecule has 3 aromatic carbocycles. The number of nitrogens with zero attached hydrogens (tertiary/aromatic N) is 3. The Morgan fingerprint density at radius 3 is 2.31 bits per heavy atom.